The molecule has 0 saturated heterocycles. The van der Waals surface area contributed by atoms with Gasteiger partial charge in [-0.25, -0.2) is 0 Å². The van der Waals surface area contributed by atoms with Crippen molar-refractivity contribution < 1.29 is 5.11 Å². The number of aromatic nitrogens is 2. The molecule has 1 aromatic rings. The molecule has 1 heterocycles. The summed E-state index contributed by atoms with van der Waals surface area (Å²) in [6, 6.07) is 0.298. The van der Waals surface area contributed by atoms with Crippen molar-refractivity contribution >= 4 is 11.6 Å². The predicted molar refractivity (Wildman–Crippen MR) is 74.8 cm³/mol. The minimum atomic E-state index is 0.204. The maximum atomic E-state index is 9.06. The van der Waals surface area contributed by atoms with Crippen molar-refractivity contribution in [2.45, 2.75) is 53.2 Å². The van der Waals surface area contributed by atoms with Gasteiger partial charge in [0.15, 0.2) is 0 Å². The predicted octanol–water partition coefficient (Wildman–Crippen LogP) is 2.36. The Morgan fingerprint density at radius 3 is 2.61 bits per heavy atom. The van der Waals surface area contributed by atoms with E-state index < -0.39 is 0 Å². The molecule has 1 rings (SSSR count). The van der Waals surface area contributed by atoms with Gasteiger partial charge in [0, 0.05) is 25.7 Å². The molecule has 0 bridgehead atoms. The highest BCUT2D eigenvalue weighted by Crippen LogP contribution is 2.20. The number of aliphatic hydroxyl groups excluding tert-OH is 1. The van der Waals surface area contributed by atoms with Gasteiger partial charge in [-0.05, 0) is 26.2 Å². The summed E-state index contributed by atoms with van der Waals surface area (Å²) in [4.78, 5) is 0. The van der Waals surface area contributed by atoms with Crippen molar-refractivity contribution in [3.63, 3.8) is 0 Å². The Kier molecular flexibility index (Phi) is 6.12. The molecule has 0 radical (unpaired) electrons. The molecule has 0 aliphatic heterocycles. The van der Waals surface area contributed by atoms with E-state index in [1.165, 1.54) is 0 Å². The molecule has 0 saturated carbocycles. The molecule has 1 atom stereocenters. The van der Waals surface area contributed by atoms with Crippen molar-refractivity contribution in [1.82, 2.24) is 15.1 Å². The van der Waals surface area contributed by atoms with E-state index in [-0.39, 0.29) is 6.61 Å². The largest absolute Gasteiger partial charge is 0.396 e. The van der Waals surface area contributed by atoms with Crippen LogP contribution >= 0.6 is 11.6 Å². The number of aryl methyl sites for hydroxylation is 2. The van der Waals surface area contributed by atoms with Crippen molar-refractivity contribution in [3.8, 4) is 0 Å². The maximum absolute atomic E-state index is 9.06. The van der Waals surface area contributed by atoms with Gasteiger partial charge in [-0.15, -0.1) is 0 Å². The van der Waals surface area contributed by atoms with E-state index in [2.05, 4.69) is 31.2 Å². The first-order valence-electron chi connectivity index (χ1n) is 6.57. The molecular weight excluding hydrogens is 250 g/mol. The quantitative estimate of drug-likeness (QED) is 0.802. The topological polar surface area (TPSA) is 50.1 Å². The van der Waals surface area contributed by atoms with Gasteiger partial charge in [0.05, 0.1) is 16.4 Å². The van der Waals surface area contributed by atoms with Gasteiger partial charge in [-0.3, -0.25) is 4.68 Å². The zero-order chi connectivity index (χ0) is 13.7. The molecule has 0 aromatic carbocycles. The van der Waals surface area contributed by atoms with Gasteiger partial charge in [0.1, 0.15) is 0 Å². The second-order valence-electron chi connectivity index (χ2n) is 4.91. The molecule has 5 heteroatoms. The molecule has 0 fully saturated rings. The Balaban J connectivity index is 2.72. The van der Waals surface area contributed by atoms with E-state index in [0.29, 0.717) is 18.5 Å². The molecule has 0 aliphatic rings. The van der Waals surface area contributed by atoms with Gasteiger partial charge in [-0.2, -0.15) is 5.10 Å². The number of halogens is 1. The molecule has 1 aromatic heterocycles. The van der Waals surface area contributed by atoms with Crippen LogP contribution in [0.3, 0.4) is 0 Å². The van der Waals surface area contributed by atoms with Crippen LogP contribution in [0.5, 0.6) is 0 Å². The lowest BCUT2D eigenvalue weighted by Crippen LogP contribution is -2.34. The third kappa shape index (κ3) is 3.70. The molecular formula is C13H24ClN3O. The fourth-order valence-electron chi connectivity index (χ4n) is 2.08. The van der Waals surface area contributed by atoms with Crippen LogP contribution in [-0.4, -0.2) is 27.5 Å². The third-order valence-corrected chi connectivity index (χ3v) is 3.72. The molecule has 2 N–H and O–H groups in total. The summed E-state index contributed by atoms with van der Waals surface area (Å²) in [5, 5.41) is 17.7. The standard InChI is InChI=1S/C13H24ClN3O/c1-5-17-12(13(14)10(4)16-17)8-15-11(6-7-18)9(2)3/h9,11,15,18H,5-8H2,1-4H3. The van der Waals surface area contributed by atoms with E-state index in [4.69, 9.17) is 16.7 Å². The lowest BCUT2D eigenvalue weighted by molar-refractivity contribution is 0.243. The summed E-state index contributed by atoms with van der Waals surface area (Å²) in [6.07, 6.45) is 0.758. The van der Waals surface area contributed by atoms with Crippen LogP contribution in [-0.2, 0) is 13.1 Å². The van der Waals surface area contributed by atoms with E-state index >= 15 is 0 Å². The number of nitrogens with one attached hydrogen (secondary N) is 1. The molecule has 0 amide bonds. The summed E-state index contributed by atoms with van der Waals surface area (Å²) >= 11 is 6.26. The first kappa shape index (κ1) is 15.5. The van der Waals surface area contributed by atoms with Crippen LogP contribution < -0.4 is 5.32 Å². The molecule has 0 spiro atoms. The van der Waals surface area contributed by atoms with Gasteiger partial charge >= 0.3 is 0 Å². The Labute approximate surface area is 114 Å². The second-order valence-corrected chi connectivity index (χ2v) is 5.28. The lowest BCUT2D eigenvalue weighted by Gasteiger charge is -2.21. The minimum Gasteiger partial charge on any atom is -0.396 e. The zero-order valence-corrected chi connectivity index (χ0v) is 12.5. The average Bonchev–Trinajstić information content (AvgIpc) is 2.60. The third-order valence-electron chi connectivity index (χ3n) is 3.23. The lowest BCUT2D eigenvalue weighted by atomic mass is 10.0. The number of rotatable bonds is 7. The van der Waals surface area contributed by atoms with E-state index in [1.807, 2.05) is 11.6 Å². The number of hydrogen-bond acceptors (Lipinski definition) is 3. The maximum Gasteiger partial charge on any atom is 0.0860 e. The fraction of sp³-hybridized carbons (Fsp3) is 0.769. The Morgan fingerprint density at radius 1 is 1.44 bits per heavy atom. The monoisotopic (exact) mass is 273 g/mol. The van der Waals surface area contributed by atoms with Crippen LogP contribution in [0.2, 0.25) is 5.02 Å². The van der Waals surface area contributed by atoms with Crippen molar-refractivity contribution in [3.05, 3.63) is 16.4 Å². The first-order chi connectivity index (χ1) is 8.51. The Bertz CT molecular complexity index is 377. The average molecular weight is 274 g/mol. The Hall–Kier alpha value is -0.580. The number of nitrogens with zero attached hydrogens (tertiary/aromatic N) is 2. The van der Waals surface area contributed by atoms with Gasteiger partial charge in [-0.1, -0.05) is 25.4 Å². The molecule has 104 valence electrons. The van der Waals surface area contributed by atoms with Crippen molar-refractivity contribution in [2.24, 2.45) is 5.92 Å². The van der Waals surface area contributed by atoms with Crippen LogP contribution in [0.4, 0.5) is 0 Å². The van der Waals surface area contributed by atoms with Crippen LogP contribution in [0.15, 0.2) is 0 Å². The highest BCUT2D eigenvalue weighted by atomic mass is 35.5. The Morgan fingerprint density at radius 2 is 2.11 bits per heavy atom. The number of hydrogen-bond donors (Lipinski definition) is 2. The summed E-state index contributed by atoms with van der Waals surface area (Å²) in [6.45, 7) is 9.99. The van der Waals surface area contributed by atoms with Crippen molar-refractivity contribution in [2.75, 3.05) is 6.61 Å². The normalized spacial score (nSPS) is 13.3. The molecule has 4 nitrogen and oxygen atoms in total. The summed E-state index contributed by atoms with van der Waals surface area (Å²) in [5.41, 5.74) is 1.90. The van der Waals surface area contributed by atoms with E-state index in [9.17, 15) is 0 Å². The zero-order valence-electron chi connectivity index (χ0n) is 11.7. The van der Waals surface area contributed by atoms with Crippen molar-refractivity contribution in [1.29, 1.82) is 0 Å². The van der Waals surface area contributed by atoms with Crippen LogP contribution in [0, 0.1) is 12.8 Å². The van der Waals surface area contributed by atoms with Crippen LogP contribution in [0.25, 0.3) is 0 Å². The fourth-order valence-corrected chi connectivity index (χ4v) is 2.28. The van der Waals surface area contributed by atoms with Gasteiger partial charge in [0.25, 0.3) is 0 Å². The van der Waals surface area contributed by atoms with Crippen LogP contribution in [0.1, 0.15) is 38.6 Å². The number of aliphatic hydroxyl groups is 1. The van der Waals surface area contributed by atoms with E-state index in [0.717, 1.165) is 29.4 Å². The first-order valence-corrected chi connectivity index (χ1v) is 6.95. The summed E-state index contributed by atoms with van der Waals surface area (Å²) in [7, 11) is 0. The van der Waals surface area contributed by atoms with E-state index in [1.54, 1.807) is 0 Å². The molecule has 18 heavy (non-hydrogen) atoms. The minimum absolute atomic E-state index is 0.204. The van der Waals surface area contributed by atoms with Gasteiger partial charge in [0.2, 0.25) is 0 Å². The highest BCUT2D eigenvalue weighted by Gasteiger charge is 2.16. The summed E-state index contributed by atoms with van der Waals surface area (Å²) in [5.74, 6) is 0.482. The highest BCUT2D eigenvalue weighted by molar-refractivity contribution is 6.31. The SMILES string of the molecule is CCn1nc(C)c(Cl)c1CNC(CCO)C(C)C. The molecule has 1 unspecified atom stereocenters. The summed E-state index contributed by atoms with van der Waals surface area (Å²) < 4.78 is 1.93. The smallest absolute Gasteiger partial charge is 0.0860 e. The molecule has 0 aliphatic carbocycles. The van der Waals surface area contributed by atoms with Gasteiger partial charge < -0.3 is 10.4 Å². The second kappa shape index (κ2) is 7.12.